The van der Waals surface area contributed by atoms with Gasteiger partial charge in [-0.3, -0.25) is 4.79 Å². The summed E-state index contributed by atoms with van der Waals surface area (Å²) in [4.78, 5) is 12.8. The molecule has 0 aliphatic heterocycles. The smallest absolute Gasteiger partial charge is 0.256 e. The van der Waals surface area contributed by atoms with E-state index in [0.717, 1.165) is 11.3 Å². The highest BCUT2D eigenvalue weighted by molar-refractivity contribution is 6.34. The number of carbonyl (C=O) groups is 1. The molecule has 1 amide bonds. The van der Waals surface area contributed by atoms with E-state index < -0.39 is 0 Å². The van der Waals surface area contributed by atoms with Crippen molar-refractivity contribution in [3.05, 3.63) is 106 Å². The van der Waals surface area contributed by atoms with Crippen LogP contribution in [0, 0.1) is 0 Å². The lowest BCUT2D eigenvalue weighted by molar-refractivity contribution is 0.102. The fourth-order valence-electron chi connectivity index (χ4n) is 2.91. The topological polar surface area (TPSA) is 56.2 Å². The van der Waals surface area contributed by atoms with Gasteiger partial charge < -0.3 is 10.1 Å². The Hall–Kier alpha value is -3.28. The maximum absolute atomic E-state index is 12.8. The molecule has 0 spiro atoms. The molecule has 7 heteroatoms. The molecule has 150 valence electrons. The summed E-state index contributed by atoms with van der Waals surface area (Å²) in [6.45, 7) is 0.253. The SMILES string of the molecule is O=C(Nc1ccnn1-c1ccccc1)c1cccc(COc2cc(Cl)ccc2Cl)c1. The fourth-order valence-corrected chi connectivity index (χ4v) is 3.25. The van der Waals surface area contributed by atoms with Crippen molar-refractivity contribution in [2.24, 2.45) is 0 Å². The van der Waals surface area contributed by atoms with E-state index in [-0.39, 0.29) is 12.5 Å². The summed E-state index contributed by atoms with van der Waals surface area (Å²) in [5, 5.41) is 8.21. The van der Waals surface area contributed by atoms with E-state index in [1.54, 1.807) is 47.3 Å². The Balaban J connectivity index is 1.47. The van der Waals surface area contributed by atoms with Gasteiger partial charge >= 0.3 is 0 Å². The number of benzene rings is 3. The van der Waals surface area contributed by atoms with Gasteiger partial charge in [-0.05, 0) is 42.0 Å². The molecule has 0 bridgehead atoms. The first-order valence-electron chi connectivity index (χ1n) is 9.18. The van der Waals surface area contributed by atoms with Crippen molar-refractivity contribution in [2.75, 3.05) is 5.32 Å². The van der Waals surface area contributed by atoms with E-state index in [9.17, 15) is 4.79 Å². The monoisotopic (exact) mass is 437 g/mol. The number of halogens is 2. The van der Waals surface area contributed by atoms with Gasteiger partial charge in [0.1, 0.15) is 18.2 Å². The van der Waals surface area contributed by atoms with Crippen LogP contribution in [0.2, 0.25) is 10.0 Å². The Morgan fingerprint density at radius 3 is 2.63 bits per heavy atom. The van der Waals surface area contributed by atoms with Gasteiger partial charge in [-0.1, -0.05) is 53.5 Å². The molecule has 0 aliphatic carbocycles. The first-order valence-corrected chi connectivity index (χ1v) is 9.93. The Morgan fingerprint density at radius 1 is 0.967 bits per heavy atom. The minimum Gasteiger partial charge on any atom is -0.487 e. The maximum atomic E-state index is 12.8. The van der Waals surface area contributed by atoms with Crippen LogP contribution in [0.4, 0.5) is 5.82 Å². The second kappa shape index (κ2) is 9.03. The molecule has 0 unspecified atom stereocenters. The molecule has 1 N–H and O–H groups in total. The van der Waals surface area contributed by atoms with Gasteiger partial charge in [0.25, 0.3) is 5.91 Å². The highest BCUT2D eigenvalue weighted by Gasteiger charge is 2.12. The Bertz CT molecular complexity index is 1180. The molecule has 5 nitrogen and oxygen atoms in total. The molecule has 0 aliphatic rings. The van der Waals surface area contributed by atoms with E-state index in [4.69, 9.17) is 27.9 Å². The number of anilines is 1. The van der Waals surface area contributed by atoms with Crippen LogP contribution in [0.25, 0.3) is 5.69 Å². The average molecular weight is 438 g/mol. The highest BCUT2D eigenvalue weighted by Crippen LogP contribution is 2.28. The number of para-hydroxylation sites is 1. The molecule has 0 radical (unpaired) electrons. The van der Waals surface area contributed by atoms with E-state index in [0.29, 0.717) is 27.2 Å². The fraction of sp³-hybridized carbons (Fsp3) is 0.0435. The lowest BCUT2D eigenvalue weighted by atomic mass is 10.1. The van der Waals surface area contributed by atoms with E-state index in [1.807, 2.05) is 42.5 Å². The molecule has 0 saturated heterocycles. The quantitative estimate of drug-likeness (QED) is 0.401. The summed E-state index contributed by atoms with van der Waals surface area (Å²) < 4.78 is 7.43. The average Bonchev–Trinajstić information content (AvgIpc) is 3.23. The minimum atomic E-state index is -0.240. The molecule has 4 rings (SSSR count). The summed E-state index contributed by atoms with van der Waals surface area (Å²) in [5.41, 5.74) is 2.20. The summed E-state index contributed by atoms with van der Waals surface area (Å²) in [6, 6.07) is 23.6. The van der Waals surface area contributed by atoms with Gasteiger partial charge in [0.15, 0.2) is 0 Å². The third-order valence-electron chi connectivity index (χ3n) is 4.36. The Kier molecular flexibility index (Phi) is 6.02. The van der Waals surface area contributed by atoms with Gasteiger partial charge in [0, 0.05) is 22.7 Å². The summed E-state index contributed by atoms with van der Waals surface area (Å²) in [5.74, 6) is 0.833. The lowest BCUT2D eigenvalue weighted by Crippen LogP contribution is -2.15. The standard InChI is InChI=1S/C23H17Cl2N3O2/c24-18-9-10-20(25)21(14-18)30-15-16-5-4-6-17(13-16)23(29)27-22-11-12-26-28(22)19-7-2-1-3-8-19/h1-14H,15H2,(H,27,29). The Morgan fingerprint density at radius 2 is 1.80 bits per heavy atom. The van der Waals surface area contributed by atoms with Crippen LogP contribution in [-0.4, -0.2) is 15.7 Å². The van der Waals surface area contributed by atoms with Crippen molar-refractivity contribution in [1.82, 2.24) is 9.78 Å². The van der Waals surface area contributed by atoms with Crippen LogP contribution in [0.15, 0.2) is 85.1 Å². The zero-order valence-corrected chi connectivity index (χ0v) is 17.3. The van der Waals surface area contributed by atoms with Gasteiger partial charge in [0.05, 0.1) is 16.9 Å². The molecular weight excluding hydrogens is 421 g/mol. The van der Waals surface area contributed by atoms with E-state index in [1.165, 1.54) is 0 Å². The molecule has 1 aromatic heterocycles. The number of amides is 1. The molecule has 0 fully saturated rings. The second-order valence-corrected chi connectivity index (χ2v) is 7.33. The van der Waals surface area contributed by atoms with Crippen LogP contribution in [0.1, 0.15) is 15.9 Å². The van der Waals surface area contributed by atoms with Crippen LogP contribution in [-0.2, 0) is 6.61 Å². The molecule has 1 heterocycles. The minimum absolute atomic E-state index is 0.240. The number of nitrogens with one attached hydrogen (secondary N) is 1. The number of aromatic nitrogens is 2. The summed E-state index contributed by atoms with van der Waals surface area (Å²) in [7, 11) is 0. The third-order valence-corrected chi connectivity index (χ3v) is 4.91. The van der Waals surface area contributed by atoms with Crippen LogP contribution >= 0.6 is 23.2 Å². The number of carbonyl (C=O) groups excluding carboxylic acids is 1. The van der Waals surface area contributed by atoms with Crippen LogP contribution in [0.3, 0.4) is 0 Å². The van der Waals surface area contributed by atoms with Crippen molar-refractivity contribution in [2.45, 2.75) is 6.61 Å². The Labute approximate surface area is 183 Å². The highest BCUT2D eigenvalue weighted by atomic mass is 35.5. The van der Waals surface area contributed by atoms with Crippen molar-refractivity contribution in [3.8, 4) is 11.4 Å². The zero-order chi connectivity index (χ0) is 20.9. The molecule has 0 atom stereocenters. The van der Waals surface area contributed by atoms with Crippen LogP contribution in [0.5, 0.6) is 5.75 Å². The van der Waals surface area contributed by atoms with Gasteiger partial charge in [0.2, 0.25) is 0 Å². The number of hydrogen-bond donors (Lipinski definition) is 1. The third kappa shape index (κ3) is 4.64. The maximum Gasteiger partial charge on any atom is 0.256 e. The number of nitrogens with zero attached hydrogens (tertiary/aromatic N) is 2. The number of rotatable bonds is 6. The lowest BCUT2D eigenvalue weighted by Gasteiger charge is -2.11. The number of ether oxygens (including phenoxy) is 1. The van der Waals surface area contributed by atoms with Crippen molar-refractivity contribution in [3.63, 3.8) is 0 Å². The second-order valence-electron chi connectivity index (χ2n) is 6.48. The van der Waals surface area contributed by atoms with Gasteiger partial charge in [-0.25, -0.2) is 4.68 Å². The predicted molar refractivity (Wildman–Crippen MR) is 119 cm³/mol. The van der Waals surface area contributed by atoms with E-state index in [2.05, 4.69) is 10.4 Å². The first-order chi connectivity index (χ1) is 14.6. The summed E-state index contributed by atoms with van der Waals surface area (Å²) >= 11 is 12.1. The van der Waals surface area contributed by atoms with Crippen molar-refractivity contribution >= 4 is 34.9 Å². The van der Waals surface area contributed by atoms with Crippen LogP contribution < -0.4 is 10.1 Å². The van der Waals surface area contributed by atoms with E-state index >= 15 is 0 Å². The first kappa shape index (κ1) is 20.0. The molecular formula is C23H17Cl2N3O2. The van der Waals surface area contributed by atoms with Gasteiger partial charge in [-0.15, -0.1) is 0 Å². The molecule has 0 saturated carbocycles. The normalized spacial score (nSPS) is 10.6. The van der Waals surface area contributed by atoms with Crippen molar-refractivity contribution < 1.29 is 9.53 Å². The zero-order valence-electron chi connectivity index (χ0n) is 15.8. The predicted octanol–water partition coefficient (Wildman–Crippen LogP) is 6.01. The van der Waals surface area contributed by atoms with Gasteiger partial charge in [-0.2, -0.15) is 5.10 Å². The van der Waals surface area contributed by atoms with Crippen molar-refractivity contribution in [1.29, 1.82) is 0 Å². The molecule has 4 aromatic rings. The largest absolute Gasteiger partial charge is 0.487 e. The molecule has 3 aromatic carbocycles. The number of hydrogen-bond acceptors (Lipinski definition) is 3. The summed E-state index contributed by atoms with van der Waals surface area (Å²) in [6.07, 6.45) is 1.64. The molecule has 30 heavy (non-hydrogen) atoms.